The molecule has 1 aromatic rings. The van der Waals surface area contributed by atoms with Crippen molar-refractivity contribution in [2.45, 2.75) is 13.8 Å². The minimum atomic E-state index is -0.440. The van der Waals surface area contributed by atoms with Crippen LogP contribution in [0.1, 0.15) is 22.8 Å². The van der Waals surface area contributed by atoms with Crippen LogP contribution in [0.3, 0.4) is 0 Å². The topological polar surface area (TPSA) is 54.4 Å². The largest absolute Gasteiger partial charge is 0.428 e. The molecule has 0 aliphatic heterocycles. The molecule has 0 spiro atoms. The van der Waals surface area contributed by atoms with Gasteiger partial charge in [0.2, 0.25) is 0 Å². The van der Waals surface area contributed by atoms with Gasteiger partial charge in [-0.2, -0.15) is 0 Å². The number of hydrogen-bond donors (Lipinski definition) is 1. The number of hydrogen-bond acceptors (Lipinski definition) is 3. The Morgan fingerprint density at radius 3 is 2.71 bits per heavy atom. The Balaban J connectivity index is 3.28. The van der Waals surface area contributed by atoms with E-state index in [1.165, 1.54) is 0 Å². The monoisotopic (exact) mass is 232 g/mol. The van der Waals surface area contributed by atoms with Crippen LogP contribution in [0, 0.1) is 6.92 Å². The third-order valence-corrected chi connectivity index (χ3v) is 2.23. The predicted octanol–water partition coefficient (Wildman–Crippen LogP) is 0.905. The number of aromatic amines is 1. The molecule has 0 aliphatic carbocycles. The summed E-state index contributed by atoms with van der Waals surface area (Å²) < 4.78 is 4.97. The van der Waals surface area contributed by atoms with E-state index in [0.29, 0.717) is 16.7 Å². The molecule has 1 rings (SSSR count). The van der Waals surface area contributed by atoms with Gasteiger partial charge >= 0.3 is 5.97 Å². The molecule has 0 saturated heterocycles. The van der Waals surface area contributed by atoms with Gasteiger partial charge in [0.15, 0.2) is 0 Å². The lowest BCUT2D eigenvalue weighted by Crippen LogP contribution is -2.15. The third kappa shape index (κ3) is 2.93. The van der Waals surface area contributed by atoms with Crippen LogP contribution in [-0.2, 0) is 4.74 Å². The van der Waals surface area contributed by atoms with Crippen molar-refractivity contribution < 1.29 is 9.53 Å². The van der Waals surface area contributed by atoms with Crippen LogP contribution < -0.4 is 10.7 Å². The number of carbonyl (C=O) groups is 1. The molecule has 0 saturated carbocycles. The van der Waals surface area contributed by atoms with Gasteiger partial charge in [0.05, 0.1) is 11.3 Å². The Kier molecular flexibility index (Phi) is 4.04. The van der Waals surface area contributed by atoms with Gasteiger partial charge in [0.1, 0.15) is 0 Å². The van der Waals surface area contributed by atoms with Gasteiger partial charge in [-0.1, -0.05) is 13.2 Å². The Morgan fingerprint density at radius 1 is 1.53 bits per heavy atom. The lowest BCUT2D eigenvalue weighted by Gasteiger charge is -2.01. The molecule has 0 unspecified atom stereocenters. The van der Waals surface area contributed by atoms with Crippen molar-refractivity contribution in [3.63, 3.8) is 0 Å². The number of nitrogens with one attached hydrogen (secondary N) is 1. The molecule has 4 heteroatoms. The number of nitrogens with zero attached hydrogens (tertiary/aromatic N) is 1. The van der Waals surface area contributed by atoms with E-state index in [0.717, 1.165) is 10.9 Å². The van der Waals surface area contributed by atoms with Crippen LogP contribution in [0.2, 0.25) is 0 Å². The van der Waals surface area contributed by atoms with Gasteiger partial charge in [-0.3, -0.25) is 4.99 Å². The number of H-pyrrole nitrogens is 1. The van der Waals surface area contributed by atoms with Crippen LogP contribution in [0.5, 0.6) is 0 Å². The Bertz CT molecular complexity index is 579. The smallest absolute Gasteiger partial charge is 0.345 e. The fourth-order valence-electron chi connectivity index (χ4n) is 1.48. The lowest BCUT2D eigenvalue weighted by atomic mass is 10.2. The molecule has 0 aromatic carbocycles. The Labute approximate surface area is 100 Å². The molecule has 1 heterocycles. The zero-order valence-electron chi connectivity index (χ0n) is 10.3. The standard InChI is InChI=1S/C13H16N2O2/c1-8(2)17-13(16)12-9(3)11(6-7-14-5)15-10(12)4/h6-7,15H,1,4H2,2-3,5H3/b11-6-,14-7+. The van der Waals surface area contributed by atoms with Crippen molar-refractivity contribution in [2.24, 2.45) is 4.99 Å². The molecule has 0 radical (unpaired) electrons. The van der Waals surface area contributed by atoms with Crippen LogP contribution in [0.25, 0.3) is 12.7 Å². The molecule has 0 bridgehead atoms. The third-order valence-electron chi connectivity index (χ3n) is 2.23. The zero-order valence-corrected chi connectivity index (χ0v) is 10.3. The Morgan fingerprint density at radius 2 is 2.18 bits per heavy atom. The quantitative estimate of drug-likeness (QED) is 0.478. The summed E-state index contributed by atoms with van der Waals surface area (Å²) in [6.45, 7) is 10.8. The first-order valence-corrected chi connectivity index (χ1v) is 5.15. The van der Waals surface area contributed by atoms with E-state index in [2.05, 4.69) is 23.1 Å². The summed E-state index contributed by atoms with van der Waals surface area (Å²) in [5.41, 5.74) is 1.24. The fourth-order valence-corrected chi connectivity index (χ4v) is 1.48. The van der Waals surface area contributed by atoms with Crippen LogP contribution >= 0.6 is 0 Å². The first-order chi connectivity index (χ1) is 7.97. The zero-order chi connectivity index (χ0) is 13.0. The molecular formula is C13H16N2O2. The summed E-state index contributed by atoms with van der Waals surface area (Å²) in [6, 6.07) is 0. The number of aromatic nitrogens is 1. The van der Waals surface area contributed by atoms with E-state index >= 15 is 0 Å². The normalized spacial score (nSPS) is 12.1. The van der Waals surface area contributed by atoms with E-state index in [9.17, 15) is 4.79 Å². The van der Waals surface area contributed by atoms with Crippen molar-refractivity contribution in [3.05, 3.63) is 34.2 Å². The second-order valence-corrected chi connectivity index (χ2v) is 3.68. The van der Waals surface area contributed by atoms with Gasteiger partial charge in [0.25, 0.3) is 0 Å². The van der Waals surface area contributed by atoms with E-state index in [-0.39, 0.29) is 0 Å². The molecule has 1 aromatic heterocycles. The summed E-state index contributed by atoms with van der Waals surface area (Å²) in [5.74, 6) is -0.0833. The van der Waals surface area contributed by atoms with Gasteiger partial charge in [0, 0.05) is 24.0 Å². The van der Waals surface area contributed by atoms with Gasteiger partial charge in [-0.25, -0.2) is 4.79 Å². The molecule has 90 valence electrons. The van der Waals surface area contributed by atoms with Crippen LogP contribution in [0.15, 0.2) is 17.3 Å². The van der Waals surface area contributed by atoms with Gasteiger partial charge in [-0.05, 0) is 25.5 Å². The van der Waals surface area contributed by atoms with E-state index < -0.39 is 5.97 Å². The highest BCUT2D eigenvalue weighted by atomic mass is 16.5. The van der Waals surface area contributed by atoms with Crippen molar-refractivity contribution in [1.29, 1.82) is 0 Å². The molecule has 0 fully saturated rings. The molecule has 0 aliphatic rings. The first kappa shape index (κ1) is 13.0. The molecule has 1 N–H and O–H groups in total. The maximum absolute atomic E-state index is 11.8. The van der Waals surface area contributed by atoms with Crippen LogP contribution in [-0.4, -0.2) is 24.2 Å². The summed E-state index contributed by atoms with van der Waals surface area (Å²) in [6.07, 6.45) is 3.42. The van der Waals surface area contributed by atoms with E-state index in [1.807, 2.05) is 6.92 Å². The minimum Gasteiger partial charge on any atom is -0.428 e. The number of esters is 1. The number of ether oxygens (including phenoxy) is 1. The summed E-state index contributed by atoms with van der Waals surface area (Å²) in [4.78, 5) is 18.7. The summed E-state index contributed by atoms with van der Waals surface area (Å²) in [7, 11) is 1.68. The van der Waals surface area contributed by atoms with Gasteiger partial charge < -0.3 is 9.72 Å². The fraction of sp³-hybridized carbons (Fsp3) is 0.231. The Hall–Kier alpha value is -2.10. The van der Waals surface area contributed by atoms with Crippen molar-refractivity contribution in [3.8, 4) is 0 Å². The molecule has 4 nitrogen and oxygen atoms in total. The van der Waals surface area contributed by atoms with Gasteiger partial charge in [-0.15, -0.1) is 0 Å². The second-order valence-electron chi connectivity index (χ2n) is 3.68. The number of rotatable bonds is 3. The SMILES string of the molecule is C=C(C)OC(=O)c1c(C)/c(=C/C=N/C)[nH]c1=C. The van der Waals surface area contributed by atoms with Crippen LogP contribution in [0.4, 0.5) is 0 Å². The number of carbonyl (C=O) groups excluding carboxylic acids is 1. The lowest BCUT2D eigenvalue weighted by molar-refractivity contribution is 0.0626. The number of allylic oxidation sites excluding steroid dienone is 1. The molecule has 0 amide bonds. The maximum atomic E-state index is 11.8. The summed E-state index contributed by atoms with van der Waals surface area (Å²) >= 11 is 0. The first-order valence-electron chi connectivity index (χ1n) is 5.15. The molecule has 17 heavy (non-hydrogen) atoms. The van der Waals surface area contributed by atoms with Crippen molar-refractivity contribution in [2.75, 3.05) is 7.05 Å². The molecule has 0 atom stereocenters. The predicted molar refractivity (Wildman–Crippen MR) is 69.4 cm³/mol. The second kappa shape index (κ2) is 5.30. The van der Waals surface area contributed by atoms with Crippen molar-refractivity contribution in [1.82, 2.24) is 4.98 Å². The highest BCUT2D eigenvalue weighted by Crippen LogP contribution is 2.02. The molecular weight excluding hydrogens is 216 g/mol. The summed E-state index contributed by atoms with van der Waals surface area (Å²) in [5, 5.41) is 1.33. The van der Waals surface area contributed by atoms with Crippen molar-refractivity contribution >= 4 is 24.8 Å². The average molecular weight is 232 g/mol. The minimum absolute atomic E-state index is 0.357. The maximum Gasteiger partial charge on any atom is 0.345 e. The highest BCUT2D eigenvalue weighted by Gasteiger charge is 2.14. The van der Waals surface area contributed by atoms with E-state index in [1.54, 1.807) is 26.3 Å². The van der Waals surface area contributed by atoms with E-state index in [4.69, 9.17) is 4.74 Å². The highest BCUT2D eigenvalue weighted by molar-refractivity contribution is 5.94. The average Bonchev–Trinajstić information content (AvgIpc) is 2.50. The number of aliphatic imine (C=N–C) groups is 1.